The molecule has 9 heteroatoms. The molecule has 4 N–H and O–H groups in total. The van der Waals surface area contributed by atoms with Gasteiger partial charge in [-0.3, -0.25) is 4.57 Å². The van der Waals surface area contributed by atoms with Gasteiger partial charge in [0.15, 0.2) is 17.7 Å². The normalized spacial score (nSPS) is 30.0. The second-order valence-electron chi connectivity index (χ2n) is 4.53. The molecule has 9 nitrogen and oxygen atoms in total. The first-order chi connectivity index (χ1) is 9.67. The highest BCUT2D eigenvalue weighted by molar-refractivity contribution is 5.82. The fourth-order valence-corrected chi connectivity index (χ4v) is 2.33. The number of hydrogen-bond donors (Lipinski definition) is 4. The van der Waals surface area contributed by atoms with Crippen LogP contribution in [0.25, 0.3) is 11.2 Å². The number of aliphatic hydroxyl groups is 3. The zero-order chi connectivity index (χ0) is 14.3. The SMILES string of the molecule is CNc1ncnc2c1ncn2[C@@H]1O[C@H]([13CH2]O)[C@@H](O)[C@H]1O. The van der Waals surface area contributed by atoms with Crippen LogP contribution in [0.15, 0.2) is 12.7 Å². The summed E-state index contributed by atoms with van der Waals surface area (Å²) in [6.07, 6.45) is -1.19. The number of aromatic nitrogens is 4. The predicted octanol–water partition coefficient (Wildman–Crippen LogP) is -1.52. The minimum atomic E-state index is -1.17. The summed E-state index contributed by atoms with van der Waals surface area (Å²) in [4.78, 5) is 12.3. The molecule has 3 rings (SSSR count). The van der Waals surface area contributed by atoms with E-state index in [1.807, 2.05) is 0 Å². The average molecular weight is 282 g/mol. The van der Waals surface area contributed by atoms with Gasteiger partial charge in [-0.25, -0.2) is 15.0 Å². The summed E-state index contributed by atoms with van der Waals surface area (Å²) in [6.45, 7) is -0.377. The maximum Gasteiger partial charge on any atom is 0.167 e. The number of nitrogens with one attached hydrogen (secondary N) is 1. The lowest BCUT2D eigenvalue weighted by molar-refractivity contribution is -0.0511. The second kappa shape index (κ2) is 4.94. The van der Waals surface area contributed by atoms with Crippen LogP contribution in [0.4, 0.5) is 5.82 Å². The second-order valence-corrected chi connectivity index (χ2v) is 4.53. The van der Waals surface area contributed by atoms with Crippen LogP contribution in [-0.4, -0.2) is 66.8 Å². The van der Waals surface area contributed by atoms with Crippen molar-refractivity contribution in [3.8, 4) is 0 Å². The summed E-state index contributed by atoms with van der Waals surface area (Å²) in [6, 6.07) is 0. The van der Waals surface area contributed by atoms with Gasteiger partial charge in [0.25, 0.3) is 0 Å². The van der Waals surface area contributed by atoms with Crippen LogP contribution in [0.5, 0.6) is 0 Å². The number of aliphatic hydroxyl groups excluding tert-OH is 3. The van der Waals surface area contributed by atoms with E-state index < -0.39 is 24.5 Å². The van der Waals surface area contributed by atoms with Gasteiger partial charge in [-0.2, -0.15) is 0 Å². The Balaban J connectivity index is 2.03. The molecule has 0 spiro atoms. The summed E-state index contributed by atoms with van der Waals surface area (Å²) < 4.78 is 6.97. The maximum atomic E-state index is 10.0. The molecule has 0 saturated carbocycles. The molecule has 0 unspecified atom stereocenters. The van der Waals surface area contributed by atoms with E-state index in [0.29, 0.717) is 17.0 Å². The molecular formula is C11H15N5O4. The zero-order valence-electron chi connectivity index (χ0n) is 10.7. The van der Waals surface area contributed by atoms with Gasteiger partial charge in [0.1, 0.15) is 30.2 Å². The number of ether oxygens (including phenoxy) is 1. The summed E-state index contributed by atoms with van der Waals surface area (Å²) in [5.41, 5.74) is 1.01. The highest BCUT2D eigenvalue weighted by atomic mass is 16.6. The summed E-state index contributed by atoms with van der Waals surface area (Å²) in [5, 5.41) is 31.8. The topological polar surface area (TPSA) is 126 Å². The van der Waals surface area contributed by atoms with Gasteiger partial charge in [-0.15, -0.1) is 0 Å². The lowest BCUT2D eigenvalue weighted by Crippen LogP contribution is -2.33. The van der Waals surface area contributed by atoms with E-state index in [0.717, 1.165) is 0 Å². The molecule has 3 heterocycles. The summed E-state index contributed by atoms with van der Waals surface area (Å²) in [7, 11) is 1.72. The minimum absolute atomic E-state index is 0.377. The first kappa shape index (κ1) is 13.2. The van der Waals surface area contributed by atoms with Gasteiger partial charge in [-0.1, -0.05) is 0 Å². The van der Waals surface area contributed by atoms with E-state index in [1.54, 1.807) is 7.05 Å². The lowest BCUT2D eigenvalue weighted by atomic mass is 10.2. The molecular weight excluding hydrogens is 267 g/mol. The Labute approximate surface area is 113 Å². The summed E-state index contributed by atoms with van der Waals surface area (Å²) in [5.74, 6) is 0.556. The average Bonchev–Trinajstić information content (AvgIpc) is 3.01. The van der Waals surface area contributed by atoms with Crippen molar-refractivity contribution in [1.82, 2.24) is 19.5 Å². The quantitative estimate of drug-likeness (QED) is 0.500. The molecule has 20 heavy (non-hydrogen) atoms. The molecule has 1 aliphatic rings. The third-order valence-corrected chi connectivity index (χ3v) is 3.39. The van der Waals surface area contributed by atoms with Crippen LogP contribution >= 0.6 is 0 Å². The molecule has 1 saturated heterocycles. The lowest BCUT2D eigenvalue weighted by Gasteiger charge is -2.16. The Bertz CT molecular complexity index is 618. The number of nitrogens with zero attached hydrogens (tertiary/aromatic N) is 4. The minimum Gasteiger partial charge on any atom is -0.394 e. The largest absolute Gasteiger partial charge is 0.394 e. The van der Waals surface area contributed by atoms with Crippen LogP contribution < -0.4 is 5.32 Å². The van der Waals surface area contributed by atoms with Crippen molar-refractivity contribution in [2.45, 2.75) is 24.5 Å². The smallest absolute Gasteiger partial charge is 0.167 e. The van der Waals surface area contributed by atoms with Gasteiger partial charge in [-0.05, 0) is 0 Å². The third-order valence-electron chi connectivity index (χ3n) is 3.39. The van der Waals surface area contributed by atoms with Gasteiger partial charge in [0.2, 0.25) is 0 Å². The van der Waals surface area contributed by atoms with Crippen molar-refractivity contribution in [1.29, 1.82) is 0 Å². The molecule has 0 radical (unpaired) electrons. The standard InChI is InChI=1S/C11H15N5O4/c1-12-9-6-10(14-3-13-9)16(4-15-6)11-8(19)7(18)5(2-17)20-11/h3-5,7-8,11,17-19H,2H2,1H3,(H,12,13,14)/t5-,7-,8-,11-/m1/s1/i2+1. The van der Waals surface area contributed by atoms with E-state index in [2.05, 4.69) is 20.3 Å². The molecule has 1 aliphatic heterocycles. The van der Waals surface area contributed by atoms with Gasteiger partial charge < -0.3 is 25.4 Å². The first-order valence-electron chi connectivity index (χ1n) is 6.15. The predicted molar refractivity (Wildman–Crippen MR) is 67.9 cm³/mol. The zero-order valence-corrected chi connectivity index (χ0v) is 10.7. The van der Waals surface area contributed by atoms with Crippen LogP contribution in [0.1, 0.15) is 6.23 Å². The number of imidazole rings is 1. The van der Waals surface area contributed by atoms with Crippen molar-refractivity contribution in [2.24, 2.45) is 0 Å². The molecule has 108 valence electrons. The van der Waals surface area contributed by atoms with Crippen LogP contribution in [-0.2, 0) is 4.74 Å². The van der Waals surface area contributed by atoms with Gasteiger partial charge >= 0.3 is 0 Å². The Morgan fingerprint density at radius 1 is 1.30 bits per heavy atom. The van der Waals surface area contributed by atoms with Crippen LogP contribution in [0.2, 0.25) is 0 Å². The molecule has 0 amide bonds. The Morgan fingerprint density at radius 2 is 2.10 bits per heavy atom. The number of fused-ring (bicyclic) bond motifs is 1. The number of rotatable bonds is 3. The van der Waals surface area contributed by atoms with Gasteiger partial charge in [0, 0.05) is 7.05 Å². The Morgan fingerprint density at radius 3 is 2.75 bits per heavy atom. The van der Waals surface area contributed by atoms with E-state index in [4.69, 9.17) is 9.84 Å². The third kappa shape index (κ3) is 1.83. The fourth-order valence-electron chi connectivity index (χ4n) is 2.33. The summed E-state index contributed by atoms with van der Waals surface area (Å²) >= 11 is 0. The number of hydrogen-bond acceptors (Lipinski definition) is 8. The number of anilines is 1. The molecule has 2 aromatic rings. The highest BCUT2D eigenvalue weighted by Gasteiger charge is 2.43. The Kier molecular flexibility index (Phi) is 3.26. The first-order valence-corrected chi connectivity index (χ1v) is 6.15. The van der Waals surface area contributed by atoms with Crippen LogP contribution in [0.3, 0.4) is 0 Å². The highest BCUT2D eigenvalue weighted by Crippen LogP contribution is 2.31. The van der Waals surface area contributed by atoms with Crippen molar-refractivity contribution in [2.75, 3.05) is 19.0 Å². The van der Waals surface area contributed by atoms with E-state index in [9.17, 15) is 10.2 Å². The molecule has 0 bridgehead atoms. The van der Waals surface area contributed by atoms with Crippen LogP contribution in [0, 0.1) is 0 Å². The van der Waals surface area contributed by atoms with Crippen molar-refractivity contribution < 1.29 is 20.1 Å². The van der Waals surface area contributed by atoms with E-state index >= 15 is 0 Å². The molecule has 2 aromatic heterocycles. The van der Waals surface area contributed by atoms with Crippen molar-refractivity contribution >= 4 is 17.0 Å². The molecule has 1 fully saturated rings. The monoisotopic (exact) mass is 282 g/mol. The Hall–Kier alpha value is -1.81. The maximum absolute atomic E-state index is 10.0. The molecule has 4 atom stereocenters. The molecule has 0 aromatic carbocycles. The van der Waals surface area contributed by atoms with Crippen molar-refractivity contribution in [3.63, 3.8) is 0 Å². The van der Waals surface area contributed by atoms with E-state index in [-0.39, 0.29) is 6.61 Å². The van der Waals surface area contributed by atoms with E-state index in [1.165, 1.54) is 17.2 Å². The fraction of sp³-hybridized carbons (Fsp3) is 0.545. The molecule has 0 aliphatic carbocycles. The van der Waals surface area contributed by atoms with Gasteiger partial charge in [0.05, 0.1) is 12.9 Å². The van der Waals surface area contributed by atoms with Crippen molar-refractivity contribution in [3.05, 3.63) is 12.7 Å².